The summed E-state index contributed by atoms with van der Waals surface area (Å²) in [6, 6.07) is 0.475. The molecule has 0 spiro atoms. The fourth-order valence-electron chi connectivity index (χ4n) is 2.97. The monoisotopic (exact) mass is 263 g/mol. The van der Waals surface area contributed by atoms with E-state index in [9.17, 15) is 4.79 Å². The van der Waals surface area contributed by atoms with Crippen molar-refractivity contribution in [1.82, 2.24) is 14.5 Å². The lowest BCUT2D eigenvalue weighted by molar-refractivity contribution is -0.118. The topological polar surface area (TPSA) is 38.1 Å². The van der Waals surface area contributed by atoms with E-state index in [0.29, 0.717) is 11.8 Å². The summed E-state index contributed by atoms with van der Waals surface area (Å²) >= 11 is 0. The van der Waals surface area contributed by atoms with Crippen molar-refractivity contribution in [3.63, 3.8) is 0 Å². The molecule has 0 aromatic carbocycles. The van der Waals surface area contributed by atoms with Crippen LogP contribution in [0.25, 0.3) is 0 Å². The Morgan fingerprint density at radius 2 is 2.21 bits per heavy atom. The molecule has 1 aliphatic rings. The Kier molecular flexibility index (Phi) is 5.58. The van der Waals surface area contributed by atoms with Crippen molar-refractivity contribution in [1.29, 1.82) is 0 Å². The van der Waals surface area contributed by atoms with Gasteiger partial charge in [0, 0.05) is 37.9 Å². The Morgan fingerprint density at radius 1 is 1.32 bits per heavy atom. The highest BCUT2D eigenvalue weighted by molar-refractivity contribution is 5.76. The molecule has 1 unspecified atom stereocenters. The zero-order chi connectivity index (χ0) is 13.5. The molecule has 106 valence electrons. The Labute approximate surface area is 115 Å². The summed E-state index contributed by atoms with van der Waals surface area (Å²) < 4.78 is 2.12. The zero-order valence-electron chi connectivity index (χ0n) is 11.9. The van der Waals surface area contributed by atoms with E-state index >= 15 is 0 Å². The third kappa shape index (κ3) is 4.78. The maximum Gasteiger partial charge on any atom is 0.131 e. The van der Waals surface area contributed by atoms with Gasteiger partial charge in [0.25, 0.3) is 0 Å². The summed E-state index contributed by atoms with van der Waals surface area (Å²) in [6.45, 7) is 4.98. The van der Waals surface area contributed by atoms with Crippen molar-refractivity contribution in [2.24, 2.45) is 0 Å². The van der Waals surface area contributed by atoms with Crippen molar-refractivity contribution < 1.29 is 4.79 Å². The van der Waals surface area contributed by atoms with Crippen LogP contribution >= 0.6 is 0 Å². The van der Waals surface area contributed by atoms with E-state index in [1.54, 1.807) is 6.92 Å². The van der Waals surface area contributed by atoms with Crippen molar-refractivity contribution in [3.05, 3.63) is 18.7 Å². The van der Waals surface area contributed by atoms with Crippen molar-refractivity contribution in [3.8, 4) is 0 Å². The van der Waals surface area contributed by atoms with Crippen LogP contribution in [-0.4, -0.2) is 39.4 Å². The molecular formula is C15H25N3O. The van der Waals surface area contributed by atoms with Crippen LogP contribution in [0.15, 0.2) is 18.7 Å². The first kappa shape index (κ1) is 14.3. The summed E-state index contributed by atoms with van der Waals surface area (Å²) in [6.07, 6.45) is 12.6. The Balaban J connectivity index is 1.81. The van der Waals surface area contributed by atoms with Gasteiger partial charge in [0.15, 0.2) is 0 Å². The lowest BCUT2D eigenvalue weighted by atomic mass is 10.0. The molecule has 1 atom stereocenters. The van der Waals surface area contributed by atoms with Crippen LogP contribution < -0.4 is 0 Å². The van der Waals surface area contributed by atoms with Gasteiger partial charge in [-0.1, -0.05) is 12.8 Å². The minimum atomic E-state index is 0.325. The number of carbonyl (C=O) groups excluding carboxylic acids is 1. The molecule has 0 saturated carbocycles. The lowest BCUT2D eigenvalue weighted by Gasteiger charge is -2.29. The molecule has 1 aromatic rings. The van der Waals surface area contributed by atoms with Crippen molar-refractivity contribution in [2.45, 2.75) is 58.0 Å². The third-order valence-electron chi connectivity index (χ3n) is 3.94. The Bertz CT molecular complexity index is 375. The molecule has 2 heterocycles. The molecule has 4 heteroatoms. The molecule has 0 N–H and O–H groups in total. The maximum absolute atomic E-state index is 11.4. The smallest absolute Gasteiger partial charge is 0.131 e. The number of imidazole rings is 1. The molecule has 19 heavy (non-hydrogen) atoms. The van der Waals surface area contributed by atoms with E-state index in [-0.39, 0.29) is 0 Å². The first-order chi connectivity index (χ1) is 9.25. The van der Waals surface area contributed by atoms with E-state index in [0.717, 1.165) is 32.5 Å². The average molecular weight is 263 g/mol. The number of likely N-dealkylation sites (tertiary alicyclic amines) is 1. The number of ketones is 1. The Hall–Kier alpha value is -1.16. The number of aryl methyl sites for hydroxylation is 1. The third-order valence-corrected chi connectivity index (χ3v) is 3.94. The molecule has 0 aliphatic carbocycles. The van der Waals surface area contributed by atoms with Gasteiger partial charge in [-0.3, -0.25) is 9.69 Å². The van der Waals surface area contributed by atoms with Gasteiger partial charge in [0.05, 0.1) is 6.33 Å². The number of nitrogens with zero attached hydrogens (tertiary/aromatic N) is 3. The van der Waals surface area contributed by atoms with Gasteiger partial charge in [0.1, 0.15) is 5.78 Å². The predicted octanol–water partition coefficient (Wildman–Crippen LogP) is 2.50. The predicted molar refractivity (Wildman–Crippen MR) is 76.0 cm³/mol. The van der Waals surface area contributed by atoms with Crippen LogP contribution in [0.3, 0.4) is 0 Å². The normalized spacial score (nSPS) is 21.2. The summed E-state index contributed by atoms with van der Waals surface area (Å²) in [7, 11) is 0. The highest BCUT2D eigenvalue weighted by atomic mass is 16.1. The van der Waals surface area contributed by atoms with E-state index in [2.05, 4.69) is 14.5 Å². The van der Waals surface area contributed by atoms with Gasteiger partial charge in [-0.15, -0.1) is 0 Å². The molecule has 0 bridgehead atoms. The quantitative estimate of drug-likeness (QED) is 0.791. The van der Waals surface area contributed by atoms with E-state index in [4.69, 9.17) is 0 Å². The lowest BCUT2D eigenvalue weighted by Crippen LogP contribution is -2.37. The molecular weight excluding hydrogens is 238 g/mol. The second-order valence-corrected chi connectivity index (χ2v) is 5.60. The van der Waals surface area contributed by atoms with Crippen LogP contribution in [0.2, 0.25) is 0 Å². The van der Waals surface area contributed by atoms with Crippen LogP contribution in [0, 0.1) is 0 Å². The van der Waals surface area contributed by atoms with Crippen LogP contribution in [0.5, 0.6) is 0 Å². The summed E-state index contributed by atoms with van der Waals surface area (Å²) in [4.78, 5) is 18.0. The van der Waals surface area contributed by atoms with Crippen molar-refractivity contribution >= 4 is 5.78 Å². The summed E-state index contributed by atoms with van der Waals surface area (Å²) in [5.74, 6) is 0.325. The summed E-state index contributed by atoms with van der Waals surface area (Å²) in [5.41, 5.74) is 0. The Morgan fingerprint density at radius 3 is 2.95 bits per heavy atom. The van der Waals surface area contributed by atoms with Crippen molar-refractivity contribution in [2.75, 3.05) is 13.1 Å². The van der Waals surface area contributed by atoms with Gasteiger partial charge in [-0.2, -0.15) is 0 Å². The SMILES string of the molecule is CC(=O)CC1CCCCCN1CCCn1ccnc1. The van der Waals surface area contributed by atoms with Gasteiger partial charge in [0.2, 0.25) is 0 Å². The van der Waals surface area contributed by atoms with Gasteiger partial charge < -0.3 is 4.57 Å². The molecule has 0 amide bonds. The first-order valence-electron chi connectivity index (χ1n) is 7.45. The molecule has 1 saturated heterocycles. The highest BCUT2D eigenvalue weighted by Crippen LogP contribution is 2.19. The number of carbonyl (C=O) groups is 1. The number of hydrogen-bond acceptors (Lipinski definition) is 3. The number of Topliss-reactive ketones (excluding diaryl/α,β-unsaturated/α-hetero) is 1. The molecule has 4 nitrogen and oxygen atoms in total. The van der Waals surface area contributed by atoms with E-state index in [1.165, 1.54) is 25.7 Å². The standard InChI is InChI=1S/C15H25N3O/c1-14(19)12-15-6-3-2-4-9-18(15)10-5-8-17-11-7-16-13-17/h7,11,13,15H,2-6,8-10,12H2,1H3. The minimum Gasteiger partial charge on any atom is -0.337 e. The molecule has 1 aromatic heterocycles. The summed E-state index contributed by atoms with van der Waals surface area (Å²) in [5, 5.41) is 0. The van der Waals surface area contributed by atoms with E-state index < -0.39 is 0 Å². The first-order valence-corrected chi connectivity index (χ1v) is 7.45. The van der Waals surface area contributed by atoms with Gasteiger partial charge >= 0.3 is 0 Å². The second-order valence-electron chi connectivity index (χ2n) is 5.60. The zero-order valence-corrected chi connectivity index (χ0v) is 11.9. The number of aromatic nitrogens is 2. The maximum atomic E-state index is 11.4. The van der Waals surface area contributed by atoms with Crippen LogP contribution in [0.4, 0.5) is 0 Å². The van der Waals surface area contributed by atoms with E-state index in [1.807, 2.05) is 18.7 Å². The molecule has 1 fully saturated rings. The van der Waals surface area contributed by atoms with Gasteiger partial charge in [-0.05, 0) is 32.7 Å². The molecule has 0 radical (unpaired) electrons. The van der Waals surface area contributed by atoms with Crippen LogP contribution in [-0.2, 0) is 11.3 Å². The molecule has 2 rings (SSSR count). The largest absolute Gasteiger partial charge is 0.337 e. The van der Waals surface area contributed by atoms with Gasteiger partial charge in [-0.25, -0.2) is 4.98 Å². The fourth-order valence-corrected chi connectivity index (χ4v) is 2.97. The fraction of sp³-hybridized carbons (Fsp3) is 0.733. The minimum absolute atomic E-state index is 0.325. The number of hydrogen-bond donors (Lipinski definition) is 0. The number of rotatable bonds is 6. The second kappa shape index (κ2) is 7.43. The van der Waals surface area contributed by atoms with Crippen LogP contribution in [0.1, 0.15) is 45.4 Å². The molecule has 1 aliphatic heterocycles. The average Bonchev–Trinajstić information content (AvgIpc) is 2.79. The highest BCUT2D eigenvalue weighted by Gasteiger charge is 2.21.